The molecule has 0 saturated heterocycles. The van der Waals surface area contributed by atoms with E-state index < -0.39 is 5.69 Å². The van der Waals surface area contributed by atoms with Crippen molar-refractivity contribution in [1.29, 1.82) is 0 Å². The quantitative estimate of drug-likeness (QED) is 0.470. The SMILES string of the molecule is Cc1ccc(CNC(=O)c2ccc3nn(CC(=O)NCc4ccccc4)c(=O)n3c2)cc1. The molecule has 8 heteroatoms. The van der Waals surface area contributed by atoms with Crippen molar-refractivity contribution in [2.75, 3.05) is 0 Å². The largest absolute Gasteiger partial charge is 0.350 e. The van der Waals surface area contributed by atoms with E-state index in [0.717, 1.165) is 21.4 Å². The maximum absolute atomic E-state index is 12.7. The summed E-state index contributed by atoms with van der Waals surface area (Å²) in [4.78, 5) is 37.4. The second-order valence-corrected chi connectivity index (χ2v) is 7.52. The number of carbonyl (C=O) groups is 2. The molecule has 0 aliphatic carbocycles. The van der Waals surface area contributed by atoms with Crippen LogP contribution in [0.4, 0.5) is 0 Å². The normalized spacial score (nSPS) is 10.8. The van der Waals surface area contributed by atoms with Crippen LogP contribution in [0, 0.1) is 6.92 Å². The Morgan fingerprint density at radius 2 is 1.56 bits per heavy atom. The van der Waals surface area contributed by atoms with E-state index in [0.29, 0.717) is 24.3 Å². The van der Waals surface area contributed by atoms with E-state index in [1.54, 1.807) is 12.1 Å². The van der Waals surface area contributed by atoms with E-state index in [2.05, 4.69) is 15.7 Å². The average molecular weight is 429 g/mol. The van der Waals surface area contributed by atoms with Gasteiger partial charge in [-0.2, -0.15) is 0 Å². The van der Waals surface area contributed by atoms with Gasteiger partial charge in [0.05, 0.1) is 5.56 Å². The van der Waals surface area contributed by atoms with E-state index in [9.17, 15) is 14.4 Å². The van der Waals surface area contributed by atoms with Crippen molar-refractivity contribution in [3.8, 4) is 0 Å². The first kappa shape index (κ1) is 21.0. The molecule has 2 heterocycles. The fraction of sp³-hybridized carbons (Fsp3) is 0.167. The zero-order chi connectivity index (χ0) is 22.5. The van der Waals surface area contributed by atoms with Crippen molar-refractivity contribution in [2.45, 2.75) is 26.6 Å². The summed E-state index contributed by atoms with van der Waals surface area (Å²) in [5, 5.41) is 9.80. The number of nitrogens with zero attached hydrogens (tertiary/aromatic N) is 3. The fourth-order valence-electron chi connectivity index (χ4n) is 3.23. The van der Waals surface area contributed by atoms with Crippen molar-refractivity contribution in [3.63, 3.8) is 0 Å². The molecule has 0 saturated carbocycles. The van der Waals surface area contributed by atoms with E-state index in [1.807, 2.05) is 61.5 Å². The first-order valence-corrected chi connectivity index (χ1v) is 10.2. The van der Waals surface area contributed by atoms with Gasteiger partial charge in [0.2, 0.25) is 5.91 Å². The van der Waals surface area contributed by atoms with Crippen LogP contribution >= 0.6 is 0 Å². The molecular formula is C24H23N5O3. The first-order chi connectivity index (χ1) is 15.5. The van der Waals surface area contributed by atoms with Gasteiger partial charge in [-0.25, -0.2) is 13.9 Å². The molecule has 0 aliphatic heterocycles. The molecule has 2 amide bonds. The molecule has 0 fully saturated rings. The van der Waals surface area contributed by atoms with Crippen LogP contribution in [-0.2, 0) is 24.4 Å². The van der Waals surface area contributed by atoms with Crippen LogP contribution in [0.15, 0.2) is 77.7 Å². The summed E-state index contributed by atoms with van der Waals surface area (Å²) < 4.78 is 2.36. The number of hydrogen-bond donors (Lipinski definition) is 2. The van der Waals surface area contributed by atoms with E-state index in [1.165, 1.54) is 10.6 Å². The maximum atomic E-state index is 12.7. The summed E-state index contributed by atoms with van der Waals surface area (Å²) in [5.41, 5.74) is 3.31. The van der Waals surface area contributed by atoms with Crippen molar-refractivity contribution in [2.24, 2.45) is 0 Å². The van der Waals surface area contributed by atoms with Gasteiger partial charge in [-0.05, 0) is 30.2 Å². The van der Waals surface area contributed by atoms with Gasteiger partial charge in [-0.3, -0.25) is 9.59 Å². The summed E-state index contributed by atoms with van der Waals surface area (Å²) in [6.45, 7) is 2.55. The number of hydrogen-bond acceptors (Lipinski definition) is 4. The number of amides is 2. The van der Waals surface area contributed by atoms with Gasteiger partial charge in [0.25, 0.3) is 5.91 Å². The molecule has 2 aromatic carbocycles. The van der Waals surface area contributed by atoms with E-state index >= 15 is 0 Å². The third-order valence-electron chi connectivity index (χ3n) is 5.04. The van der Waals surface area contributed by atoms with Crippen molar-refractivity contribution in [1.82, 2.24) is 24.8 Å². The van der Waals surface area contributed by atoms with Crippen LogP contribution in [-0.4, -0.2) is 26.0 Å². The number of carbonyl (C=O) groups excluding carboxylic acids is 2. The summed E-state index contributed by atoms with van der Waals surface area (Å²) in [6, 6.07) is 20.6. The molecule has 0 aliphatic rings. The van der Waals surface area contributed by atoms with Gasteiger partial charge in [0.1, 0.15) is 6.54 Å². The lowest BCUT2D eigenvalue weighted by molar-refractivity contribution is -0.122. The third kappa shape index (κ3) is 4.92. The van der Waals surface area contributed by atoms with Crippen molar-refractivity contribution < 1.29 is 9.59 Å². The zero-order valence-corrected chi connectivity index (χ0v) is 17.6. The number of rotatable bonds is 7. The summed E-state index contributed by atoms with van der Waals surface area (Å²) in [7, 11) is 0. The highest BCUT2D eigenvalue weighted by Crippen LogP contribution is 2.06. The number of fused-ring (bicyclic) bond motifs is 1. The third-order valence-corrected chi connectivity index (χ3v) is 5.04. The van der Waals surface area contributed by atoms with Crippen LogP contribution in [0.1, 0.15) is 27.0 Å². The van der Waals surface area contributed by atoms with Crippen LogP contribution < -0.4 is 16.3 Å². The summed E-state index contributed by atoms with van der Waals surface area (Å²) >= 11 is 0. The van der Waals surface area contributed by atoms with Gasteiger partial charge in [-0.15, -0.1) is 5.10 Å². The lowest BCUT2D eigenvalue weighted by Crippen LogP contribution is -2.32. The van der Waals surface area contributed by atoms with Crippen molar-refractivity contribution >= 4 is 17.5 Å². The minimum Gasteiger partial charge on any atom is -0.350 e. The van der Waals surface area contributed by atoms with Gasteiger partial charge in [-0.1, -0.05) is 60.2 Å². The highest BCUT2D eigenvalue weighted by molar-refractivity contribution is 5.94. The Morgan fingerprint density at radius 1 is 0.875 bits per heavy atom. The monoisotopic (exact) mass is 429 g/mol. The molecule has 32 heavy (non-hydrogen) atoms. The molecule has 0 unspecified atom stereocenters. The average Bonchev–Trinajstić information content (AvgIpc) is 3.12. The molecule has 0 atom stereocenters. The second-order valence-electron chi connectivity index (χ2n) is 7.52. The van der Waals surface area contributed by atoms with Gasteiger partial charge in [0, 0.05) is 19.3 Å². The first-order valence-electron chi connectivity index (χ1n) is 10.2. The molecule has 4 aromatic rings. The number of benzene rings is 2. The van der Waals surface area contributed by atoms with Crippen molar-refractivity contribution in [3.05, 3.63) is 106 Å². The van der Waals surface area contributed by atoms with Crippen LogP contribution in [0.2, 0.25) is 0 Å². The minimum absolute atomic E-state index is 0.206. The molecule has 2 aromatic heterocycles. The number of pyridine rings is 1. The molecular weight excluding hydrogens is 406 g/mol. The lowest BCUT2D eigenvalue weighted by Gasteiger charge is -2.06. The Hall–Kier alpha value is -4.20. The Labute approximate surface area is 184 Å². The molecule has 0 bridgehead atoms. The number of aryl methyl sites for hydroxylation is 1. The van der Waals surface area contributed by atoms with Crippen LogP contribution in [0.25, 0.3) is 5.65 Å². The van der Waals surface area contributed by atoms with Crippen LogP contribution in [0.5, 0.6) is 0 Å². The van der Waals surface area contributed by atoms with E-state index in [4.69, 9.17) is 0 Å². The zero-order valence-electron chi connectivity index (χ0n) is 17.6. The Bertz CT molecular complexity index is 1310. The minimum atomic E-state index is -0.483. The maximum Gasteiger partial charge on any atom is 0.350 e. The molecule has 0 spiro atoms. The Kier molecular flexibility index (Phi) is 6.12. The Morgan fingerprint density at radius 3 is 2.31 bits per heavy atom. The molecule has 2 N–H and O–H groups in total. The molecule has 4 rings (SSSR count). The smallest absolute Gasteiger partial charge is 0.350 e. The standard InChI is InChI=1S/C24H23N5O3/c1-17-7-9-19(10-8-17)14-26-23(31)20-11-12-21-27-29(24(32)28(21)15-20)16-22(30)25-13-18-5-3-2-4-6-18/h2-12,15H,13-14,16H2,1H3,(H,25,30)(H,26,31). The lowest BCUT2D eigenvalue weighted by atomic mass is 10.1. The van der Waals surface area contributed by atoms with Gasteiger partial charge >= 0.3 is 5.69 Å². The van der Waals surface area contributed by atoms with Crippen LogP contribution in [0.3, 0.4) is 0 Å². The van der Waals surface area contributed by atoms with Gasteiger partial charge in [0.15, 0.2) is 5.65 Å². The van der Waals surface area contributed by atoms with Gasteiger partial charge < -0.3 is 10.6 Å². The topological polar surface area (TPSA) is 97.5 Å². The predicted octanol–water partition coefficient (Wildman–Crippen LogP) is 2.05. The Balaban J connectivity index is 1.42. The summed E-state index contributed by atoms with van der Waals surface area (Å²) in [6.07, 6.45) is 1.44. The molecule has 162 valence electrons. The second kappa shape index (κ2) is 9.30. The fourth-order valence-corrected chi connectivity index (χ4v) is 3.23. The molecule has 0 radical (unpaired) electrons. The molecule has 8 nitrogen and oxygen atoms in total. The van der Waals surface area contributed by atoms with E-state index in [-0.39, 0.29) is 18.4 Å². The number of aromatic nitrogens is 3. The highest BCUT2D eigenvalue weighted by atomic mass is 16.2. The number of nitrogens with one attached hydrogen (secondary N) is 2. The highest BCUT2D eigenvalue weighted by Gasteiger charge is 2.13. The predicted molar refractivity (Wildman–Crippen MR) is 120 cm³/mol. The summed E-state index contributed by atoms with van der Waals surface area (Å²) in [5.74, 6) is -0.622.